The van der Waals surface area contributed by atoms with Crippen molar-refractivity contribution in [1.29, 1.82) is 0 Å². The number of benzene rings is 3. The van der Waals surface area contributed by atoms with E-state index in [4.69, 9.17) is 9.47 Å². The number of hydrogen-bond acceptors (Lipinski definition) is 5. The van der Waals surface area contributed by atoms with E-state index >= 15 is 0 Å². The van der Waals surface area contributed by atoms with Crippen molar-refractivity contribution >= 4 is 11.8 Å². The van der Waals surface area contributed by atoms with Crippen LogP contribution in [0.3, 0.4) is 0 Å². The van der Waals surface area contributed by atoms with E-state index in [0.717, 1.165) is 24.0 Å². The van der Waals surface area contributed by atoms with Gasteiger partial charge in [0.1, 0.15) is 17.1 Å². The lowest BCUT2D eigenvalue weighted by molar-refractivity contribution is -0.384. The van der Waals surface area contributed by atoms with Crippen LogP contribution in [-0.4, -0.2) is 22.7 Å². The molecule has 0 aromatic heterocycles. The molecule has 182 valence electrons. The number of nitro benzene ring substituents is 1. The Hall–Kier alpha value is -3.87. The molecule has 0 saturated carbocycles. The first-order chi connectivity index (χ1) is 16.6. The van der Waals surface area contributed by atoms with Gasteiger partial charge in [0.2, 0.25) is 0 Å². The molecule has 0 spiro atoms. The Bertz CT molecular complexity index is 1250. The second-order valence-electron chi connectivity index (χ2n) is 9.85. The SMILES string of the molecule is CC1c2cc(Oc3ccccc3-c3cccc([N+](=O)[O-])c3)ccc2CCC1NC(=O)OC(C)(C)C. The quantitative estimate of drug-likeness (QED) is 0.318. The molecule has 2 unspecified atom stereocenters. The number of nitro groups is 1. The van der Waals surface area contributed by atoms with Gasteiger partial charge >= 0.3 is 6.09 Å². The number of nitrogens with zero attached hydrogens (tertiary/aromatic N) is 1. The third-order valence-electron chi connectivity index (χ3n) is 6.12. The molecule has 3 aromatic carbocycles. The second-order valence-corrected chi connectivity index (χ2v) is 9.85. The number of para-hydroxylation sites is 1. The van der Waals surface area contributed by atoms with Crippen LogP contribution in [0.25, 0.3) is 11.1 Å². The average molecular weight is 475 g/mol. The average Bonchev–Trinajstić information content (AvgIpc) is 2.80. The fourth-order valence-corrected chi connectivity index (χ4v) is 4.43. The zero-order valence-corrected chi connectivity index (χ0v) is 20.4. The molecule has 0 saturated heterocycles. The lowest BCUT2D eigenvalue weighted by atomic mass is 9.80. The number of amides is 1. The van der Waals surface area contributed by atoms with E-state index in [-0.39, 0.29) is 17.6 Å². The molecule has 2 atom stereocenters. The molecule has 1 N–H and O–H groups in total. The van der Waals surface area contributed by atoms with Gasteiger partial charge in [-0.1, -0.05) is 43.3 Å². The number of alkyl carbamates (subject to hydrolysis) is 1. The van der Waals surface area contributed by atoms with Gasteiger partial charge in [-0.25, -0.2) is 4.79 Å². The van der Waals surface area contributed by atoms with E-state index in [9.17, 15) is 14.9 Å². The predicted octanol–water partition coefficient (Wildman–Crippen LogP) is 7.00. The van der Waals surface area contributed by atoms with Gasteiger partial charge < -0.3 is 14.8 Å². The molecule has 0 radical (unpaired) electrons. The first kappa shape index (κ1) is 24.3. The highest BCUT2D eigenvalue weighted by Crippen LogP contribution is 2.38. The summed E-state index contributed by atoms with van der Waals surface area (Å²) in [6.45, 7) is 7.64. The Kier molecular flexibility index (Phi) is 6.78. The molecule has 1 amide bonds. The molecule has 0 aliphatic heterocycles. The molecule has 7 heteroatoms. The first-order valence-corrected chi connectivity index (χ1v) is 11.7. The fourth-order valence-electron chi connectivity index (χ4n) is 4.43. The smallest absolute Gasteiger partial charge is 0.407 e. The number of ether oxygens (including phenoxy) is 2. The fraction of sp³-hybridized carbons (Fsp3) is 0.321. The molecule has 1 aliphatic rings. The summed E-state index contributed by atoms with van der Waals surface area (Å²) < 4.78 is 11.7. The summed E-state index contributed by atoms with van der Waals surface area (Å²) in [7, 11) is 0. The highest BCUT2D eigenvalue weighted by molar-refractivity contribution is 5.72. The summed E-state index contributed by atoms with van der Waals surface area (Å²) in [5.74, 6) is 1.37. The summed E-state index contributed by atoms with van der Waals surface area (Å²) >= 11 is 0. The minimum atomic E-state index is -0.548. The normalized spacial score (nSPS) is 17.3. The maximum Gasteiger partial charge on any atom is 0.407 e. The van der Waals surface area contributed by atoms with Gasteiger partial charge in [0.05, 0.1) is 4.92 Å². The lowest BCUT2D eigenvalue weighted by Crippen LogP contribution is -2.43. The Morgan fingerprint density at radius 3 is 2.57 bits per heavy atom. The van der Waals surface area contributed by atoms with E-state index in [1.165, 1.54) is 11.6 Å². The van der Waals surface area contributed by atoms with E-state index in [1.54, 1.807) is 12.1 Å². The highest BCUT2D eigenvalue weighted by atomic mass is 16.6. The van der Waals surface area contributed by atoms with Crippen LogP contribution >= 0.6 is 0 Å². The number of non-ortho nitro benzene ring substituents is 1. The molecule has 3 aromatic rings. The Balaban J connectivity index is 1.57. The molecule has 0 fully saturated rings. The number of rotatable bonds is 5. The maximum absolute atomic E-state index is 12.3. The summed E-state index contributed by atoms with van der Waals surface area (Å²) in [6.07, 6.45) is 1.28. The van der Waals surface area contributed by atoms with Crippen LogP contribution in [0.2, 0.25) is 0 Å². The van der Waals surface area contributed by atoms with E-state index in [0.29, 0.717) is 17.1 Å². The van der Waals surface area contributed by atoms with Crippen LogP contribution in [0.1, 0.15) is 51.2 Å². The molecule has 0 heterocycles. The monoisotopic (exact) mass is 474 g/mol. The van der Waals surface area contributed by atoms with Crippen molar-refractivity contribution in [3.05, 3.63) is 88.0 Å². The molecule has 7 nitrogen and oxygen atoms in total. The topological polar surface area (TPSA) is 90.7 Å². The highest BCUT2D eigenvalue weighted by Gasteiger charge is 2.29. The lowest BCUT2D eigenvalue weighted by Gasteiger charge is -2.33. The number of carbonyl (C=O) groups is 1. The second kappa shape index (κ2) is 9.78. The van der Waals surface area contributed by atoms with Gasteiger partial charge in [0.15, 0.2) is 0 Å². The number of hydrogen-bond donors (Lipinski definition) is 1. The number of fused-ring (bicyclic) bond motifs is 1. The molecule has 1 aliphatic carbocycles. The third-order valence-corrected chi connectivity index (χ3v) is 6.12. The third kappa shape index (κ3) is 5.80. The predicted molar refractivity (Wildman–Crippen MR) is 135 cm³/mol. The van der Waals surface area contributed by atoms with Crippen molar-refractivity contribution in [2.45, 2.75) is 58.1 Å². The minimum absolute atomic E-state index is 0.0310. The standard InChI is InChI=1S/C28H30N2O5/c1-18-24-17-22(14-12-19(24)13-15-25(18)29-27(31)35-28(2,3)4)34-26-11-6-5-10-23(26)20-8-7-9-21(16-20)30(32)33/h5-12,14,16-18,25H,13,15H2,1-4H3,(H,29,31). The van der Waals surface area contributed by atoms with Crippen molar-refractivity contribution in [3.63, 3.8) is 0 Å². The van der Waals surface area contributed by atoms with Gasteiger partial charge in [-0.05, 0) is 68.5 Å². The van der Waals surface area contributed by atoms with Crippen molar-refractivity contribution in [2.75, 3.05) is 0 Å². The van der Waals surface area contributed by atoms with E-state index in [2.05, 4.69) is 18.3 Å². The number of nitrogens with one attached hydrogen (secondary N) is 1. The Morgan fingerprint density at radius 1 is 1.06 bits per heavy atom. The van der Waals surface area contributed by atoms with Gasteiger partial charge in [-0.3, -0.25) is 10.1 Å². The zero-order valence-electron chi connectivity index (χ0n) is 20.4. The van der Waals surface area contributed by atoms with E-state index in [1.807, 2.05) is 63.2 Å². The summed E-state index contributed by atoms with van der Waals surface area (Å²) in [5.41, 5.74) is 3.33. The van der Waals surface area contributed by atoms with Crippen molar-refractivity contribution in [1.82, 2.24) is 5.32 Å². The molecule has 4 rings (SSSR count). The van der Waals surface area contributed by atoms with Crippen LogP contribution in [0, 0.1) is 10.1 Å². The maximum atomic E-state index is 12.3. The molecular weight excluding hydrogens is 444 g/mol. The van der Waals surface area contributed by atoms with Gasteiger partial charge in [-0.2, -0.15) is 0 Å². The zero-order chi connectivity index (χ0) is 25.2. The number of aryl methyl sites for hydroxylation is 1. The Labute approximate surface area is 205 Å². The molecule has 35 heavy (non-hydrogen) atoms. The van der Waals surface area contributed by atoms with Crippen LogP contribution < -0.4 is 10.1 Å². The van der Waals surface area contributed by atoms with Crippen LogP contribution in [-0.2, 0) is 11.2 Å². The van der Waals surface area contributed by atoms with Gasteiger partial charge in [0.25, 0.3) is 5.69 Å². The summed E-state index contributed by atoms with van der Waals surface area (Å²) in [6, 6.07) is 20.0. The van der Waals surface area contributed by atoms with Crippen LogP contribution in [0.15, 0.2) is 66.7 Å². The van der Waals surface area contributed by atoms with Gasteiger partial charge in [-0.15, -0.1) is 0 Å². The van der Waals surface area contributed by atoms with Crippen LogP contribution in [0.5, 0.6) is 11.5 Å². The van der Waals surface area contributed by atoms with Crippen LogP contribution in [0.4, 0.5) is 10.5 Å². The minimum Gasteiger partial charge on any atom is -0.457 e. The number of carbonyl (C=O) groups excluding carboxylic acids is 1. The molecular formula is C28H30N2O5. The van der Waals surface area contributed by atoms with Gasteiger partial charge in [0, 0.05) is 29.7 Å². The summed E-state index contributed by atoms with van der Waals surface area (Å²) in [4.78, 5) is 23.2. The van der Waals surface area contributed by atoms with E-state index < -0.39 is 16.6 Å². The largest absolute Gasteiger partial charge is 0.457 e. The van der Waals surface area contributed by atoms with Crippen molar-refractivity contribution in [2.24, 2.45) is 0 Å². The Morgan fingerprint density at radius 2 is 1.83 bits per heavy atom. The molecule has 0 bridgehead atoms. The first-order valence-electron chi connectivity index (χ1n) is 11.7. The summed E-state index contributed by atoms with van der Waals surface area (Å²) in [5, 5.41) is 14.3. The van der Waals surface area contributed by atoms with Crippen molar-refractivity contribution in [3.8, 4) is 22.6 Å². The van der Waals surface area contributed by atoms with Crippen molar-refractivity contribution < 1.29 is 19.2 Å².